The second-order valence-corrected chi connectivity index (χ2v) is 13.9. The molecular formula is C40H47NO7. The molecule has 3 aromatic carbocycles. The van der Waals surface area contributed by atoms with Crippen LogP contribution in [0.4, 0.5) is 4.79 Å². The van der Waals surface area contributed by atoms with Crippen molar-refractivity contribution in [3.8, 4) is 17.2 Å². The van der Waals surface area contributed by atoms with Crippen LogP contribution in [0.25, 0.3) is 0 Å². The quantitative estimate of drug-likeness (QED) is 0.207. The van der Waals surface area contributed by atoms with Crippen molar-refractivity contribution in [1.29, 1.82) is 0 Å². The topological polar surface area (TPSA) is 94.5 Å². The van der Waals surface area contributed by atoms with Crippen molar-refractivity contribution in [2.24, 2.45) is 5.41 Å². The standard InChI is InChI=1S/C40H47NO7/c1-26-7-6-19-39(2)35(18-20-40(39)25-41(38(44)48-40)24-29-12-16-32(46-4)23-36(29)47-5)33-17-9-27(21-30(42)13-8-26)22-34(33)37(43)28-10-14-31(45-3)15-11-28/h7,9-12,14-17,22-23,30,35,42H,6,8,13,18-21,24-25H2,1-5H3. The molecule has 1 aliphatic heterocycles. The van der Waals surface area contributed by atoms with Crippen molar-refractivity contribution in [1.82, 2.24) is 4.90 Å². The lowest BCUT2D eigenvalue weighted by Crippen LogP contribution is -2.48. The van der Waals surface area contributed by atoms with Crippen LogP contribution in [0.2, 0.25) is 0 Å². The van der Waals surface area contributed by atoms with Gasteiger partial charge in [-0.25, -0.2) is 4.79 Å². The molecule has 48 heavy (non-hydrogen) atoms. The minimum atomic E-state index is -0.734. The Kier molecular flexibility index (Phi) is 9.57. The zero-order valence-corrected chi connectivity index (χ0v) is 28.7. The minimum Gasteiger partial charge on any atom is -0.497 e. The molecule has 4 atom stereocenters. The van der Waals surface area contributed by atoms with Gasteiger partial charge in [0.2, 0.25) is 0 Å². The zero-order valence-electron chi connectivity index (χ0n) is 28.7. The van der Waals surface area contributed by atoms with Crippen LogP contribution in [0.3, 0.4) is 0 Å². The van der Waals surface area contributed by atoms with Crippen molar-refractivity contribution in [3.63, 3.8) is 0 Å². The number of hydrogen-bond donors (Lipinski definition) is 1. The number of aliphatic hydroxyl groups is 1. The summed E-state index contributed by atoms with van der Waals surface area (Å²) in [5, 5.41) is 10.9. The Hall–Kier alpha value is -4.30. The van der Waals surface area contributed by atoms with Crippen molar-refractivity contribution in [3.05, 3.63) is 100 Å². The summed E-state index contributed by atoms with van der Waals surface area (Å²) in [4.78, 5) is 29.8. The fourth-order valence-corrected chi connectivity index (χ4v) is 8.19. The number of methoxy groups -OCH3 is 3. The van der Waals surface area contributed by atoms with Gasteiger partial charge in [0.1, 0.15) is 22.8 Å². The molecule has 2 bridgehead atoms. The Morgan fingerprint density at radius 1 is 0.958 bits per heavy atom. The molecule has 7 rings (SSSR count). The van der Waals surface area contributed by atoms with Crippen LogP contribution in [-0.2, 0) is 17.7 Å². The molecule has 2 fully saturated rings. The van der Waals surface area contributed by atoms with Gasteiger partial charge in [-0.15, -0.1) is 0 Å². The molecule has 1 amide bonds. The summed E-state index contributed by atoms with van der Waals surface area (Å²) in [5.74, 6) is 1.93. The van der Waals surface area contributed by atoms with Crippen LogP contribution in [-0.4, -0.2) is 61.5 Å². The van der Waals surface area contributed by atoms with Crippen LogP contribution in [0.15, 0.2) is 72.3 Å². The molecule has 4 unspecified atom stereocenters. The van der Waals surface area contributed by atoms with Crippen LogP contribution in [0.5, 0.6) is 17.2 Å². The molecule has 0 radical (unpaired) electrons. The molecule has 1 saturated heterocycles. The highest BCUT2D eigenvalue weighted by Crippen LogP contribution is 2.62. The second kappa shape index (κ2) is 13.7. The normalized spacial score (nSPS) is 25.7. The fraction of sp³-hybridized carbons (Fsp3) is 0.450. The highest BCUT2D eigenvalue weighted by Gasteiger charge is 2.64. The van der Waals surface area contributed by atoms with E-state index in [9.17, 15) is 14.7 Å². The van der Waals surface area contributed by atoms with Gasteiger partial charge in [0.25, 0.3) is 0 Å². The highest BCUT2D eigenvalue weighted by molar-refractivity contribution is 6.10. The maximum atomic E-state index is 14.3. The van der Waals surface area contributed by atoms with E-state index in [1.807, 2.05) is 24.3 Å². The first kappa shape index (κ1) is 33.6. The first-order valence-electron chi connectivity index (χ1n) is 16.9. The summed E-state index contributed by atoms with van der Waals surface area (Å²) in [6, 6.07) is 19.0. The zero-order chi connectivity index (χ0) is 34.1. The van der Waals surface area contributed by atoms with Crippen LogP contribution in [0.1, 0.15) is 90.9 Å². The number of benzene rings is 3. The van der Waals surface area contributed by atoms with Crippen molar-refractivity contribution in [2.45, 2.75) is 83.0 Å². The largest absolute Gasteiger partial charge is 0.497 e. The molecule has 1 N–H and O–H groups in total. The van der Waals surface area contributed by atoms with E-state index in [1.165, 1.54) is 5.57 Å². The molecule has 4 aliphatic rings. The molecule has 1 spiro atoms. The van der Waals surface area contributed by atoms with E-state index >= 15 is 0 Å². The first-order valence-corrected chi connectivity index (χ1v) is 16.9. The number of amides is 1. The maximum absolute atomic E-state index is 14.3. The van der Waals surface area contributed by atoms with Crippen molar-refractivity contribution < 1.29 is 33.6 Å². The molecule has 254 valence electrons. The van der Waals surface area contributed by atoms with Crippen LogP contribution < -0.4 is 14.2 Å². The lowest BCUT2D eigenvalue weighted by molar-refractivity contribution is -0.0373. The molecule has 8 heteroatoms. The number of ketones is 1. The van der Waals surface area contributed by atoms with Crippen LogP contribution >= 0.6 is 0 Å². The summed E-state index contributed by atoms with van der Waals surface area (Å²) in [5.41, 5.74) is 4.06. The minimum absolute atomic E-state index is 0.0337. The lowest BCUT2D eigenvalue weighted by Gasteiger charge is -2.43. The average molecular weight is 654 g/mol. The van der Waals surface area contributed by atoms with Gasteiger partial charge in [0.15, 0.2) is 5.78 Å². The van der Waals surface area contributed by atoms with E-state index in [1.54, 1.807) is 50.5 Å². The van der Waals surface area contributed by atoms with Gasteiger partial charge in [0.05, 0.1) is 40.5 Å². The van der Waals surface area contributed by atoms with Crippen molar-refractivity contribution >= 4 is 11.9 Å². The Labute approximate surface area is 283 Å². The fourth-order valence-electron chi connectivity index (χ4n) is 8.19. The van der Waals surface area contributed by atoms with E-state index < -0.39 is 17.1 Å². The Bertz CT molecular complexity index is 1700. The summed E-state index contributed by atoms with van der Waals surface area (Å²) in [6.45, 7) is 5.18. The summed E-state index contributed by atoms with van der Waals surface area (Å²) >= 11 is 0. The third-order valence-corrected chi connectivity index (χ3v) is 11.1. The number of hydrogen-bond acceptors (Lipinski definition) is 7. The maximum Gasteiger partial charge on any atom is 0.410 e. The second-order valence-electron chi connectivity index (χ2n) is 13.9. The van der Waals surface area contributed by atoms with E-state index in [4.69, 9.17) is 18.9 Å². The van der Waals surface area contributed by atoms with Crippen molar-refractivity contribution in [2.75, 3.05) is 27.9 Å². The summed E-state index contributed by atoms with van der Waals surface area (Å²) in [6.07, 6.45) is 6.42. The smallest absolute Gasteiger partial charge is 0.410 e. The van der Waals surface area contributed by atoms with Gasteiger partial charge in [-0.2, -0.15) is 0 Å². The molecule has 3 aliphatic carbocycles. The van der Waals surface area contributed by atoms with Gasteiger partial charge in [-0.05, 0) is 111 Å². The predicted octanol–water partition coefficient (Wildman–Crippen LogP) is 7.64. The third kappa shape index (κ3) is 6.30. The predicted molar refractivity (Wildman–Crippen MR) is 184 cm³/mol. The number of ether oxygens (including phenoxy) is 4. The molecule has 1 saturated carbocycles. The van der Waals surface area contributed by atoms with Crippen LogP contribution in [0, 0.1) is 5.41 Å². The average Bonchev–Trinajstić information content (AvgIpc) is 3.56. The number of allylic oxidation sites excluding steroid dienone is 2. The highest BCUT2D eigenvalue weighted by atomic mass is 16.6. The summed E-state index contributed by atoms with van der Waals surface area (Å²) in [7, 11) is 4.84. The molecule has 3 aromatic rings. The third-order valence-electron chi connectivity index (χ3n) is 11.1. The van der Waals surface area contributed by atoms with E-state index in [-0.39, 0.29) is 17.8 Å². The number of nitrogens with zero attached hydrogens (tertiary/aromatic N) is 1. The van der Waals surface area contributed by atoms with E-state index in [0.29, 0.717) is 60.7 Å². The lowest BCUT2D eigenvalue weighted by atomic mass is 9.64. The van der Waals surface area contributed by atoms with Gasteiger partial charge in [0, 0.05) is 28.2 Å². The Morgan fingerprint density at radius 3 is 2.44 bits per heavy atom. The molecule has 8 nitrogen and oxygen atoms in total. The Morgan fingerprint density at radius 2 is 1.71 bits per heavy atom. The number of fused-ring (bicyclic) bond motifs is 8. The van der Waals surface area contributed by atoms with Gasteiger partial charge >= 0.3 is 6.09 Å². The Balaban J connectivity index is 1.40. The first-order chi connectivity index (χ1) is 23.1. The molecule has 1 heterocycles. The SMILES string of the molecule is COc1ccc(C(=O)c2cc3ccc2C2CCC4(CN(Cc5ccc(OC)cc5OC)C(=O)O4)C2(C)CCC=C(C)CCC(O)C3)cc1. The number of aliphatic hydroxyl groups excluding tert-OH is 1. The van der Waals surface area contributed by atoms with E-state index in [2.05, 4.69) is 32.1 Å². The van der Waals surface area contributed by atoms with E-state index in [0.717, 1.165) is 42.4 Å². The monoisotopic (exact) mass is 653 g/mol. The number of carbonyl (C=O) groups excluding carboxylic acids is 2. The van der Waals surface area contributed by atoms with Gasteiger partial charge in [-0.1, -0.05) is 30.7 Å². The molecule has 0 aromatic heterocycles. The van der Waals surface area contributed by atoms with Gasteiger partial charge in [-0.3, -0.25) is 9.69 Å². The van der Waals surface area contributed by atoms with Gasteiger partial charge < -0.3 is 24.1 Å². The number of rotatable bonds is 7. The molecular weight excluding hydrogens is 606 g/mol. The number of carbonyl (C=O) groups is 2. The summed E-state index contributed by atoms with van der Waals surface area (Å²) < 4.78 is 22.9.